The number of benzene rings is 1. The van der Waals surface area contributed by atoms with Crippen LogP contribution >= 0.6 is 11.3 Å². The maximum atomic E-state index is 11.4. The first-order valence-electron chi connectivity index (χ1n) is 7.42. The van der Waals surface area contributed by atoms with Gasteiger partial charge in [-0.3, -0.25) is 4.90 Å². The lowest BCUT2D eigenvalue weighted by Gasteiger charge is -2.24. The van der Waals surface area contributed by atoms with Gasteiger partial charge in [0, 0.05) is 10.9 Å². The molecular formula is C16H20N2O2S2. The zero-order valence-electron chi connectivity index (χ0n) is 12.5. The van der Waals surface area contributed by atoms with Gasteiger partial charge in [-0.2, -0.15) is 0 Å². The highest BCUT2D eigenvalue weighted by Gasteiger charge is 2.19. The van der Waals surface area contributed by atoms with Crippen molar-refractivity contribution in [3.8, 4) is 10.4 Å². The van der Waals surface area contributed by atoms with E-state index in [4.69, 9.17) is 5.14 Å². The van der Waals surface area contributed by atoms with Crippen LogP contribution in [0.15, 0.2) is 40.6 Å². The minimum atomic E-state index is -3.61. The fourth-order valence-corrected chi connectivity index (χ4v) is 4.63. The average molecular weight is 336 g/mol. The summed E-state index contributed by atoms with van der Waals surface area (Å²) in [5.74, 6) is 0. The molecule has 1 aliphatic heterocycles. The summed E-state index contributed by atoms with van der Waals surface area (Å²) >= 11 is 1.21. The van der Waals surface area contributed by atoms with Gasteiger partial charge in [-0.1, -0.05) is 24.3 Å². The Morgan fingerprint density at radius 2 is 1.73 bits per heavy atom. The Hall–Kier alpha value is -1.21. The molecule has 1 aromatic carbocycles. The van der Waals surface area contributed by atoms with Gasteiger partial charge in [0.05, 0.1) is 0 Å². The third-order valence-corrected chi connectivity index (χ3v) is 6.80. The number of sulfonamides is 1. The number of thiophene rings is 1. The molecule has 2 aromatic rings. The van der Waals surface area contributed by atoms with Gasteiger partial charge in [0.2, 0.25) is 10.0 Å². The molecule has 1 fully saturated rings. The molecule has 0 radical (unpaired) electrons. The number of nitrogens with two attached hydrogens (primary N) is 1. The van der Waals surface area contributed by atoms with E-state index >= 15 is 0 Å². The summed E-state index contributed by atoms with van der Waals surface area (Å²) in [6, 6.07) is 12.2. The summed E-state index contributed by atoms with van der Waals surface area (Å²) in [6.07, 6.45) is 2.57. The number of primary sulfonamides is 1. The topological polar surface area (TPSA) is 63.4 Å². The molecule has 0 bridgehead atoms. The van der Waals surface area contributed by atoms with Crippen LogP contribution in [0.4, 0.5) is 0 Å². The monoisotopic (exact) mass is 336 g/mol. The predicted octanol–water partition coefficient (Wildman–Crippen LogP) is 3.22. The molecular weight excluding hydrogens is 316 g/mol. The van der Waals surface area contributed by atoms with Gasteiger partial charge < -0.3 is 0 Å². The molecule has 4 nitrogen and oxygen atoms in total. The van der Waals surface area contributed by atoms with Crippen molar-refractivity contribution < 1.29 is 8.42 Å². The van der Waals surface area contributed by atoms with E-state index in [1.54, 1.807) is 6.07 Å². The molecule has 6 heteroatoms. The lowest BCUT2D eigenvalue weighted by Crippen LogP contribution is -2.23. The van der Waals surface area contributed by atoms with E-state index in [-0.39, 0.29) is 4.21 Å². The smallest absolute Gasteiger partial charge is 0.247 e. The van der Waals surface area contributed by atoms with Crippen molar-refractivity contribution in [2.75, 3.05) is 13.1 Å². The molecule has 3 rings (SSSR count). The summed E-state index contributed by atoms with van der Waals surface area (Å²) < 4.78 is 22.9. The van der Waals surface area contributed by atoms with Crippen molar-refractivity contribution in [1.82, 2.24) is 4.90 Å². The van der Waals surface area contributed by atoms with Crippen LogP contribution in [0.3, 0.4) is 0 Å². The quantitative estimate of drug-likeness (QED) is 0.932. The highest BCUT2D eigenvalue weighted by molar-refractivity contribution is 7.91. The number of hydrogen-bond donors (Lipinski definition) is 1. The summed E-state index contributed by atoms with van der Waals surface area (Å²) in [4.78, 5) is 3.42. The van der Waals surface area contributed by atoms with Crippen LogP contribution < -0.4 is 5.14 Å². The molecule has 1 saturated heterocycles. The Morgan fingerprint density at radius 3 is 2.27 bits per heavy atom. The van der Waals surface area contributed by atoms with Gasteiger partial charge in [0.1, 0.15) is 4.21 Å². The van der Waals surface area contributed by atoms with Crippen LogP contribution in [0, 0.1) is 0 Å². The first kappa shape index (κ1) is 15.7. The Labute approximate surface area is 135 Å². The molecule has 2 heterocycles. The molecule has 1 aromatic heterocycles. The Kier molecular flexibility index (Phi) is 4.36. The Morgan fingerprint density at radius 1 is 1.09 bits per heavy atom. The molecule has 2 N–H and O–H groups in total. The molecule has 1 aliphatic rings. The van der Waals surface area contributed by atoms with Crippen molar-refractivity contribution in [3.63, 3.8) is 0 Å². The zero-order chi connectivity index (χ0) is 15.7. The molecule has 0 aliphatic carbocycles. The minimum Gasteiger partial charge on any atom is -0.297 e. The van der Waals surface area contributed by atoms with E-state index in [0.717, 1.165) is 10.4 Å². The summed E-state index contributed by atoms with van der Waals surface area (Å²) in [5.41, 5.74) is 2.33. The first-order chi connectivity index (χ1) is 10.4. The van der Waals surface area contributed by atoms with Crippen molar-refractivity contribution in [3.05, 3.63) is 42.0 Å². The van der Waals surface area contributed by atoms with E-state index < -0.39 is 10.0 Å². The number of hydrogen-bond acceptors (Lipinski definition) is 4. The lowest BCUT2D eigenvalue weighted by atomic mass is 10.0. The molecule has 118 valence electrons. The normalized spacial score (nSPS) is 17.7. The zero-order valence-corrected chi connectivity index (χ0v) is 14.2. The maximum Gasteiger partial charge on any atom is 0.247 e. The summed E-state index contributed by atoms with van der Waals surface area (Å²) in [7, 11) is -3.61. The molecule has 0 spiro atoms. The molecule has 22 heavy (non-hydrogen) atoms. The van der Waals surface area contributed by atoms with Crippen molar-refractivity contribution in [2.24, 2.45) is 5.14 Å². The number of rotatable bonds is 4. The highest BCUT2D eigenvalue weighted by atomic mass is 32.2. The van der Waals surface area contributed by atoms with Crippen LogP contribution in [-0.2, 0) is 10.0 Å². The van der Waals surface area contributed by atoms with E-state index in [1.165, 1.54) is 42.8 Å². The standard InChI is InChI=1S/C16H20N2O2S2/c1-12(18-10-2-3-11-18)13-4-6-14(7-5-13)15-8-9-16(21-15)22(17,19)20/h4-9,12H,2-3,10-11H2,1H3,(H2,17,19,20)/t12-/m0/s1. The van der Waals surface area contributed by atoms with E-state index in [0.29, 0.717) is 6.04 Å². The van der Waals surface area contributed by atoms with Crippen LogP contribution in [0.2, 0.25) is 0 Å². The van der Waals surface area contributed by atoms with Crippen molar-refractivity contribution in [1.29, 1.82) is 0 Å². The molecule has 0 unspecified atom stereocenters. The Bertz CT molecular complexity index is 745. The van der Waals surface area contributed by atoms with Gasteiger partial charge in [0.25, 0.3) is 0 Å². The summed E-state index contributed by atoms with van der Waals surface area (Å²) in [5, 5.41) is 5.16. The lowest BCUT2D eigenvalue weighted by molar-refractivity contribution is 0.263. The average Bonchev–Trinajstić information content (AvgIpc) is 3.17. The second-order valence-corrected chi connectivity index (χ2v) is 8.58. The van der Waals surface area contributed by atoms with E-state index in [2.05, 4.69) is 36.1 Å². The fraction of sp³-hybridized carbons (Fsp3) is 0.375. The van der Waals surface area contributed by atoms with Crippen molar-refractivity contribution in [2.45, 2.75) is 30.0 Å². The maximum absolute atomic E-state index is 11.4. The largest absolute Gasteiger partial charge is 0.297 e. The van der Waals surface area contributed by atoms with Crippen LogP contribution in [-0.4, -0.2) is 26.4 Å². The summed E-state index contributed by atoms with van der Waals surface area (Å²) in [6.45, 7) is 4.59. The second-order valence-electron chi connectivity index (χ2n) is 5.70. The fourth-order valence-electron chi connectivity index (χ4n) is 2.89. The number of likely N-dealkylation sites (tertiary alicyclic amines) is 1. The van der Waals surface area contributed by atoms with Gasteiger partial charge in [-0.15, -0.1) is 11.3 Å². The second kappa shape index (κ2) is 6.12. The molecule has 0 amide bonds. The molecule has 0 saturated carbocycles. The van der Waals surface area contributed by atoms with Crippen LogP contribution in [0.25, 0.3) is 10.4 Å². The highest BCUT2D eigenvalue weighted by Crippen LogP contribution is 2.32. The van der Waals surface area contributed by atoms with Gasteiger partial charge in [0.15, 0.2) is 0 Å². The van der Waals surface area contributed by atoms with Crippen LogP contribution in [0.1, 0.15) is 31.4 Å². The minimum absolute atomic E-state index is 0.206. The van der Waals surface area contributed by atoms with Gasteiger partial charge in [-0.25, -0.2) is 13.6 Å². The van der Waals surface area contributed by atoms with Crippen molar-refractivity contribution >= 4 is 21.4 Å². The van der Waals surface area contributed by atoms with Gasteiger partial charge >= 0.3 is 0 Å². The number of nitrogens with zero attached hydrogens (tertiary/aromatic N) is 1. The van der Waals surface area contributed by atoms with Gasteiger partial charge in [-0.05, 0) is 56.1 Å². The third kappa shape index (κ3) is 3.25. The van der Waals surface area contributed by atoms with E-state index in [9.17, 15) is 8.42 Å². The first-order valence-corrected chi connectivity index (χ1v) is 9.78. The Balaban J connectivity index is 1.80. The predicted molar refractivity (Wildman–Crippen MR) is 90.4 cm³/mol. The SMILES string of the molecule is C[C@@H](c1ccc(-c2ccc(S(N)(=O)=O)s2)cc1)N1CCCC1. The molecule has 1 atom stereocenters. The van der Waals surface area contributed by atoms with Crippen LogP contribution in [0.5, 0.6) is 0 Å². The third-order valence-electron chi connectivity index (χ3n) is 4.23. The van der Waals surface area contributed by atoms with E-state index in [1.807, 2.05) is 6.07 Å².